The van der Waals surface area contributed by atoms with Gasteiger partial charge in [0.1, 0.15) is 6.04 Å². The maximum Gasteiger partial charge on any atom is 0.322 e. The first-order chi connectivity index (χ1) is 21.8. The molecule has 6 rings (SSSR count). The molecule has 0 saturated carbocycles. The zero-order chi connectivity index (χ0) is 31.5. The van der Waals surface area contributed by atoms with E-state index >= 15 is 0 Å². The standard InChI is InChI=1S/C37H43N5O3/c1-4-41-32-24-42(36(44)33(32)34(39-37(41)45)30-16-15-25(2)21-26(30)3)31(22-27-11-7-5-8-12-27)35(43)38-29-17-19-40(20-18-29)23-28-13-9-6-10-14-28/h5-16,21,29,31,34H,4,17-20,22-24H2,1-3H3,(H,38,43)(H,39,45)/t31-,34+/m0/s1. The number of piperidine rings is 1. The summed E-state index contributed by atoms with van der Waals surface area (Å²) in [6, 6.07) is 25.0. The molecule has 2 atom stereocenters. The molecule has 1 saturated heterocycles. The molecule has 1 fully saturated rings. The molecule has 0 unspecified atom stereocenters. The van der Waals surface area contributed by atoms with Gasteiger partial charge in [0.25, 0.3) is 5.91 Å². The molecule has 0 aliphatic carbocycles. The van der Waals surface area contributed by atoms with E-state index in [4.69, 9.17) is 0 Å². The molecule has 3 aliphatic heterocycles. The van der Waals surface area contributed by atoms with Crippen molar-refractivity contribution in [1.82, 2.24) is 25.3 Å². The normalized spacial score (nSPS) is 19.8. The minimum atomic E-state index is -0.707. The van der Waals surface area contributed by atoms with Crippen LogP contribution in [0.4, 0.5) is 4.79 Å². The molecule has 3 aliphatic rings. The second-order valence-corrected chi connectivity index (χ2v) is 12.5. The number of nitrogens with zero attached hydrogens (tertiary/aromatic N) is 3. The fourth-order valence-corrected chi connectivity index (χ4v) is 7.04. The van der Waals surface area contributed by atoms with E-state index in [-0.39, 0.29) is 30.4 Å². The second-order valence-electron chi connectivity index (χ2n) is 12.5. The number of likely N-dealkylation sites (N-methyl/N-ethyl adjacent to an activating group) is 1. The highest BCUT2D eigenvalue weighted by molar-refractivity contribution is 6.03. The van der Waals surface area contributed by atoms with E-state index in [1.165, 1.54) is 5.56 Å². The van der Waals surface area contributed by atoms with Crippen LogP contribution in [0, 0.1) is 13.8 Å². The van der Waals surface area contributed by atoms with Crippen molar-refractivity contribution in [2.24, 2.45) is 0 Å². The molecule has 0 spiro atoms. The van der Waals surface area contributed by atoms with E-state index < -0.39 is 12.1 Å². The number of hydrogen-bond donors (Lipinski definition) is 2. The van der Waals surface area contributed by atoms with Crippen LogP contribution < -0.4 is 10.6 Å². The van der Waals surface area contributed by atoms with Crippen molar-refractivity contribution in [1.29, 1.82) is 0 Å². The number of carbonyl (C=O) groups is 3. The molecule has 0 radical (unpaired) electrons. The smallest absolute Gasteiger partial charge is 0.322 e. The summed E-state index contributed by atoms with van der Waals surface area (Å²) < 4.78 is 0. The van der Waals surface area contributed by atoms with E-state index in [1.807, 2.05) is 69.3 Å². The zero-order valence-corrected chi connectivity index (χ0v) is 26.5. The Bertz CT molecular complexity index is 1580. The highest BCUT2D eigenvalue weighted by atomic mass is 16.2. The van der Waals surface area contributed by atoms with Gasteiger partial charge in [0, 0.05) is 38.6 Å². The van der Waals surface area contributed by atoms with Gasteiger partial charge in [-0.1, -0.05) is 84.4 Å². The van der Waals surface area contributed by atoms with Gasteiger partial charge >= 0.3 is 6.03 Å². The number of urea groups is 1. The monoisotopic (exact) mass is 605 g/mol. The number of rotatable bonds is 9. The minimum Gasteiger partial charge on any atom is -0.351 e. The van der Waals surface area contributed by atoms with Crippen molar-refractivity contribution in [3.63, 3.8) is 0 Å². The van der Waals surface area contributed by atoms with Crippen LogP contribution in [-0.4, -0.2) is 70.8 Å². The summed E-state index contributed by atoms with van der Waals surface area (Å²) in [5.41, 5.74) is 6.56. The Morgan fingerprint density at radius 1 is 0.933 bits per heavy atom. The van der Waals surface area contributed by atoms with Gasteiger partial charge in [-0.25, -0.2) is 4.79 Å². The fraction of sp³-hybridized carbons (Fsp3) is 0.378. The number of aryl methyl sites for hydroxylation is 2. The third-order valence-electron chi connectivity index (χ3n) is 9.44. The summed E-state index contributed by atoms with van der Waals surface area (Å²) in [4.78, 5) is 47.6. The Morgan fingerprint density at radius 3 is 2.24 bits per heavy atom. The van der Waals surface area contributed by atoms with Gasteiger partial charge in [-0.05, 0) is 55.9 Å². The average Bonchev–Trinajstić information content (AvgIpc) is 3.38. The largest absolute Gasteiger partial charge is 0.351 e. The van der Waals surface area contributed by atoms with Crippen LogP contribution in [0.1, 0.15) is 53.6 Å². The van der Waals surface area contributed by atoms with Crippen molar-refractivity contribution in [2.45, 2.75) is 64.7 Å². The summed E-state index contributed by atoms with van der Waals surface area (Å²) in [6.45, 7) is 9.31. The van der Waals surface area contributed by atoms with Gasteiger partial charge in [0.15, 0.2) is 0 Å². The van der Waals surface area contributed by atoms with Gasteiger partial charge < -0.3 is 15.5 Å². The molecular formula is C37H43N5O3. The van der Waals surface area contributed by atoms with Crippen LogP contribution in [0.25, 0.3) is 0 Å². The maximum atomic E-state index is 14.4. The van der Waals surface area contributed by atoms with Crippen LogP contribution in [0.3, 0.4) is 0 Å². The first-order valence-corrected chi connectivity index (χ1v) is 16.1. The SMILES string of the molecule is CCN1C(=O)N[C@H](c2ccc(C)cc2C)C2=C1CN([C@@H](Cc1ccccc1)C(=O)NC1CCN(Cc3ccccc3)CC1)C2=O. The van der Waals surface area contributed by atoms with Crippen LogP contribution in [0.5, 0.6) is 0 Å². The van der Waals surface area contributed by atoms with Crippen molar-refractivity contribution < 1.29 is 14.4 Å². The molecule has 45 heavy (non-hydrogen) atoms. The van der Waals surface area contributed by atoms with Crippen molar-refractivity contribution >= 4 is 17.8 Å². The van der Waals surface area contributed by atoms with Crippen molar-refractivity contribution in [3.05, 3.63) is 118 Å². The predicted molar refractivity (Wildman–Crippen MR) is 175 cm³/mol. The highest BCUT2D eigenvalue weighted by Crippen LogP contribution is 2.38. The molecule has 0 aromatic heterocycles. The molecule has 8 nitrogen and oxygen atoms in total. The lowest BCUT2D eigenvalue weighted by Gasteiger charge is -2.34. The topological polar surface area (TPSA) is 85.0 Å². The minimum absolute atomic E-state index is 0.0430. The number of nitrogens with one attached hydrogen (secondary N) is 2. The van der Waals surface area contributed by atoms with E-state index in [2.05, 4.69) is 45.9 Å². The van der Waals surface area contributed by atoms with Gasteiger partial charge in [-0.3, -0.25) is 19.4 Å². The summed E-state index contributed by atoms with van der Waals surface area (Å²) in [5, 5.41) is 6.42. The molecule has 0 bridgehead atoms. The fourth-order valence-electron chi connectivity index (χ4n) is 7.04. The summed E-state index contributed by atoms with van der Waals surface area (Å²) >= 11 is 0. The molecule has 234 valence electrons. The van der Waals surface area contributed by atoms with Crippen LogP contribution in [-0.2, 0) is 22.6 Å². The second kappa shape index (κ2) is 13.3. The number of amides is 4. The third kappa shape index (κ3) is 6.52. The molecule has 4 amide bonds. The van der Waals surface area contributed by atoms with Gasteiger partial charge in [0.05, 0.1) is 23.9 Å². The Labute approximate surface area is 266 Å². The molecular weight excluding hydrogens is 562 g/mol. The van der Waals surface area contributed by atoms with E-state index in [9.17, 15) is 14.4 Å². The van der Waals surface area contributed by atoms with Crippen molar-refractivity contribution in [3.8, 4) is 0 Å². The van der Waals surface area contributed by atoms with Crippen molar-refractivity contribution in [2.75, 3.05) is 26.2 Å². The van der Waals surface area contributed by atoms with Crippen LogP contribution in [0.15, 0.2) is 90.1 Å². The van der Waals surface area contributed by atoms with Gasteiger partial charge in [-0.15, -0.1) is 0 Å². The summed E-state index contributed by atoms with van der Waals surface area (Å²) in [5.74, 6) is -0.332. The summed E-state index contributed by atoms with van der Waals surface area (Å²) in [7, 11) is 0. The Morgan fingerprint density at radius 2 is 1.60 bits per heavy atom. The van der Waals surface area contributed by atoms with E-state index in [1.54, 1.807) is 9.80 Å². The van der Waals surface area contributed by atoms with Crippen LogP contribution >= 0.6 is 0 Å². The predicted octanol–water partition coefficient (Wildman–Crippen LogP) is 4.88. The van der Waals surface area contributed by atoms with E-state index in [0.717, 1.165) is 54.7 Å². The molecule has 3 aromatic rings. The highest BCUT2D eigenvalue weighted by Gasteiger charge is 2.47. The maximum absolute atomic E-state index is 14.4. The summed E-state index contributed by atoms with van der Waals surface area (Å²) in [6.07, 6.45) is 2.11. The van der Waals surface area contributed by atoms with Gasteiger partial charge in [0.2, 0.25) is 5.91 Å². The van der Waals surface area contributed by atoms with Gasteiger partial charge in [-0.2, -0.15) is 0 Å². The third-order valence-corrected chi connectivity index (χ3v) is 9.44. The van der Waals surface area contributed by atoms with E-state index in [0.29, 0.717) is 24.2 Å². The molecule has 3 heterocycles. The molecule has 3 aromatic carbocycles. The quantitative estimate of drug-likeness (QED) is 0.364. The first-order valence-electron chi connectivity index (χ1n) is 16.1. The number of likely N-dealkylation sites (tertiary alicyclic amines) is 1. The lowest BCUT2D eigenvalue weighted by atomic mass is 9.91. The number of carbonyl (C=O) groups excluding carboxylic acids is 3. The first kappa shape index (κ1) is 30.6. The zero-order valence-electron chi connectivity index (χ0n) is 26.5. The number of benzene rings is 3. The van der Waals surface area contributed by atoms with Crippen LogP contribution in [0.2, 0.25) is 0 Å². The average molecular weight is 606 g/mol. The molecule has 8 heteroatoms. The Balaban J connectivity index is 1.23. The lowest BCUT2D eigenvalue weighted by Crippen LogP contribution is -2.53. The lowest BCUT2D eigenvalue weighted by molar-refractivity contribution is -0.137. The number of hydrogen-bond acceptors (Lipinski definition) is 4. The Hall–Kier alpha value is -4.43. The molecule has 2 N–H and O–H groups in total. The Kier molecular flexibility index (Phi) is 9.03.